The molecule has 0 saturated carbocycles. The zero-order valence-corrected chi connectivity index (χ0v) is 15.5. The van der Waals surface area contributed by atoms with E-state index in [4.69, 9.17) is 14.9 Å². The number of aryl methyl sites for hydroxylation is 2. The minimum atomic E-state index is -0.250. The molecule has 1 N–H and O–H groups in total. The second-order valence-electron chi connectivity index (χ2n) is 6.53. The third-order valence-electron chi connectivity index (χ3n) is 4.55. The fraction of sp³-hybridized carbons (Fsp3) is 0.333. The Kier molecular flexibility index (Phi) is 6.89. The van der Waals surface area contributed by atoms with Gasteiger partial charge in [-0.15, -0.1) is 0 Å². The summed E-state index contributed by atoms with van der Waals surface area (Å²) in [6.45, 7) is 5.09. The molecule has 1 aliphatic heterocycles. The smallest absolute Gasteiger partial charge is 0.290 e. The van der Waals surface area contributed by atoms with Crippen LogP contribution in [-0.2, 0) is 11.2 Å². The molecule has 2 aromatic rings. The van der Waals surface area contributed by atoms with Crippen LogP contribution in [0.4, 0.5) is 10.1 Å². The van der Waals surface area contributed by atoms with E-state index in [1.807, 2.05) is 12.1 Å². The maximum Gasteiger partial charge on any atom is 0.290 e. The van der Waals surface area contributed by atoms with Gasteiger partial charge in [-0.2, -0.15) is 0 Å². The van der Waals surface area contributed by atoms with Crippen LogP contribution in [0.25, 0.3) is 0 Å². The molecular formula is C21H25FN2O2. The Balaban J connectivity index is 0.000000758. The molecule has 0 spiro atoms. The minimum Gasteiger partial charge on any atom is -0.483 e. The molecule has 26 heavy (non-hydrogen) atoms. The van der Waals surface area contributed by atoms with Crippen LogP contribution in [0.2, 0.25) is 0 Å². The van der Waals surface area contributed by atoms with Gasteiger partial charge in [0.1, 0.15) is 11.7 Å². The monoisotopic (exact) mass is 356 g/mol. The van der Waals surface area contributed by atoms with Crippen LogP contribution in [0.3, 0.4) is 0 Å². The molecule has 0 aliphatic carbocycles. The highest BCUT2D eigenvalue weighted by Crippen LogP contribution is 2.27. The van der Waals surface area contributed by atoms with E-state index < -0.39 is 0 Å². The molecule has 138 valence electrons. The number of halogens is 1. The summed E-state index contributed by atoms with van der Waals surface area (Å²) in [4.78, 5) is 15.5. The minimum absolute atomic E-state index is 0.187. The van der Waals surface area contributed by atoms with Crippen molar-refractivity contribution in [1.82, 2.24) is 4.90 Å². The molecular weight excluding hydrogens is 331 g/mol. The van der Waals surface area contributed by atoms with Crippen molar-refractivity contribution in [3.63, 3.8) is 0 Å². The molecule has 5 heteroatoms. The third-order valence-corrected chi connectivity index (χ3v) is 4.55. The van der Waals surface area contributed by atoms with Gasteiger partial charge >= 0.3 is 0 Å². The average molecular weight is 356 g/mol. The topological polar surface area (TPSA) is 52.9 Å². The van der Waals surface area contributed by atoms with Crippen molar-refractivity contribution < 1.29 is 14.3 Å². The van der Waals surface area contributed by atoms with Crippen molar-refractivity contribution in [3.8, 4) is 0 Å². The van der Waals surface area contributed by atoms with E-state index in [1.54, 1.807) is 0 Å². The summed E-state index contributed by atoms with van der Waals surface area (Å²) in [6, 6.07) is 11.1. The van der Waals surface area contributed by atoms with Gasteiger partial charge in [0.2, 0.25) is 0 Å². The van der Waals surface area contributed by atoms with Crippen molar-refractivity contribution in [2.75, 3.05) is 13.6 Å². The molecule has 1 fully saturated rings. The number of hydrogen-bond donors (Lipinski definition) is 1. The number of nitrogens with zero attached hydrogens (tertiary/aromatic N) is 2. The second kappa shape index (κ2) is 9.13. The van der Waals surface area contributed by atoms with Crippen molar-refractivity contribution in [1.29, 1.82) is 0 Å². The fourth-order valence-corrected chi connectivity index (χ4v) is 3.07. The van der Waals surface area contributed by atoms with Gasteiger partial charge in [0, 0.05) is 20.0 Å². The summed E-state index contributed by atoms with van der Waals surface area (Å²) in [5, 5.41) is 6.89. The first-order valence-corrected chi connectivity index (χ1v) is 8.65. The Bertz CT molecular complexity index is 785. The third kappa shape index (κ3) is 5.15. The van der Waals surface area contributed by atoms with Crippen LogP contribution in [0.15, 0.2) is 41.4 Å². The summed E-state index contributed by atoms with van der Waals surface area (Å²) in [5.74, 6) is 0.993. The predicted molar refractivity (Wildman–Crippen MR) is 103 cm³/mol. The van der Waals surface area contributed by atoms with Gasteiger partial charge < -0.3 is 10.0 Å². The Hall–Kier alpha value is -2.69. The summed E-state index contributed by atoms with van der Waals surface area (Å²) < 4.78 is 13.0. The molecule has 0 unspecified atom stereocenters. The highest BCUT2D eigenvalue weighted by molar-refractivity contribution is 5.86. The molecule has 1 saturated heterocycles. The molecule has 0 bridgehead atoms. The second-order valence-corrected chi connectivity index (χ2v) is 6.53. The van der Waals surface area contributed by atoms with Gasteiger partial charge in [0.05, 0.1) is 5.69 Å². The number of carbonyl (C=O) groups is 1. The number of hydrogen-bond acceptors (Lipinski definition) is 2. The summed E-state index contributed by atoms with van der Waals surface area (Å²) >= 11 is 0. The summed E-state index contributed by atoms with van der Waals surface area (Å²) in [7, 11) is 2.11. The van der Waals surface area contributed by atoms with E-state index in [0.29, 0.717) is 0 Å². The van der Waals surface area contributed by atoms with E-state index in [2.05, 4.69) is 37.9 Å². The number of carboxylic acid groups (broad SMARTS) is 1. The standard InChI is InChI=1S/C20H23FN2.CH2O2/c1-14-12-19(22-20-5-4-10-23(20)3)15(2)11-17(14)13-16-6-8-18(21)9-7-16;2-1-3/h6-9,11-12H,4-5,10,13H2,1-3H3;1H,(H,2,3). The van der Waals surface area contributed by atoms with E-state index >= 15 is 0 Å². The van der Waals surface area contributed by atoms with Crippen molar-refractivity contribution in [2.45, 2.75) is 33.1 Å². The Morgan fingerprint density at radius 3 is 2.42 bits per heavy atom. The van der Waals surface area contributed by atoms with Crippen LogP contribution in [-0.4, -0.2) is 35.9 Å². The lowest BCUT2D eigenvalue weighted by atomic mass is 9.97. The molecule has 1 heterocycles. The molecule has 0 amide bonds. The van der Waals surface area contributed by atoms with Crippen molar-refractivity contribution >= 4 is 18.0 Å². The average Bonchev–Trinajstić information content (AvgIpc) is 3.00. The Labute approximate surface area is 154 Å². The molecule has 3 rings (SSSR count). The zero-order valence-electron chi connectivity index (χ0n) is 15.5. The van der Waals surface area contributed by atoms with Crippen LogP contribution in [0.5, 0.6) is 0 Å². The highest BCUT2D eigenvalue weighted by Gasteiger charge is 2.15. The molecule has 1 aliphatic rings. The summed E-state index contributed by atoms with van der Waals surface area (Å²) in [6.07, 6.45) is 3.08. The number of rotatable bonds is 3. The Morgan fingerprint density at radius 2 is 1.85 bits per heavy atom. The summed E-state index contributed by atoms with van der Waals surface area (Å²) in [5.41, 5.74) is 5.90. The van der Waals surface area contributed by atoms with E-state index in [-0.39, 0.29) is 12.3 Å². The van der Waals surface area contributed by atoms with E-state index in [0.717, 1.165) is 30.6 Å². The molecule has 0 atom stereocenters. The van der Waals surface area contributed by atoms with Gasteiger partial charge in [-0.3, -0.25) is 4.79 Å². The van der Waals surface area contributed by atoms with Crippen LogP contribution in [0.1, 0.15) is 35.1 Å². The number of aliphatic imine (C=N–C) groups is 1. The predicted octanol–water partition coefficient (Wildman–Crippen LogP) is 4.49. The van der Waals surface area contributed by atoms with Gasteiger partial charge in [-0.05, 0) is 67.1 Å². The first-order valence-electron chi connectivity index (χ1n) is 8.65. The molecule has 0 aromatic heterocycles. The van der Waals surface area contributed by atoms with E-state index in [1.165, 1.54) is 41.1 Å². The zero-order chi connectivity index (χ0) is 19.1. The highest BCUT2D eigenvalue weighted by atomic mass is 19.1. The Morgan fingerprint density at radius 1 is 1.19 bits per heavy atom. The van der Waals surface area contributed by atoms with Crippen LogP contribution >= 0.6 is 0 Å². The van der Waals surface area contributed by atoms with E-state index in [9.17, 15) is 4.39 Å². The maximum atomic E-state index is 13.0. The molecule has 0 radical (unpaired) electrons. The molecule has 2 aromatic carbocycles. The largest absolute Gasteiger partial charge is 0.483 e. The van der Waals surface area contributed by atoms with Gasteiger partial charge in [0.15, 0.2) is 0 Å². The normalized spacial score (nSPS) is 14.9. The molecule has 4 nitrogen and oxygen atoms in total. The number of amidine groups is 1. The lowest BCUT2D eigenvalue weighted by Gasteiger charge is -2.14. The van der Waals surface area contributed by atoms with Gasteiger partial charge in [0.25, 0.3) is 6.47 Å². The lowest BCUT2D eigenvalue weighted by Crippen LogP contribution is -2.18. The van der Waals surface area contributed by atoms with Crippen LogP contribution < -0.4 is 0 Å². The first kappa shape index (κ1) is 19.6. The van der Waals surface area contributed by atoms with Gasteiger partial charge in [-0.25, -0.2) is 9.38 Å². The SMILES string of the molecule is Cc1cc(N=C2CCCN2C)c(C)cc1Cc1ccc(F)cc1.O=CO. The number of likely N-dealkylation sites (tertiary alicyclic amines) is 1. The van der Waals surface area contributed by atoms with Crippen molar-refractivity contribution in [2.24, 2.45) is 4.99 Å². The van der Waals surface area contributed by atoms with Crippen molar-refractivity contribution in [3.05, 3.63) is 64.5 Å². The van der Waals surface area contributed by atoms with Gasteiger partial charge in [-0.1, -0.05) is 18.2 Å². The first-order chi connectivity index (χ1) is 12.4. The fourth-order valence-electron chi connectivity index (χ4n) is 3.07. The number of benzene rings is 2. The quantitative estimate of drug-likeness (QED) is 0.825. The lowest BCUT2D eigenvalue weighted by molar-refractivity contribution is -0.122. The van der Waals surface area contributed by atoms with Crippen LogP contribution in [0, 0.1) is 19.7 Å². The maximum absolute atomic E-state index is 13.0.